The normalized spacial score (nSPS) is 10.8. The van der Waals surface area contributed by atoms with Crippen LogP contribution in [-0.2, 0) is 0 Å². The van der Waals surface area contributed by atoms with E-state index in [0.717, 1.165) is 36.5 Å². The Hall–Kier alpha value is -1.35. The molecule has 3 heteroatoms. The third-order valence-electron chi connectivity index (χ3n) is 3.35. The Bertz CT molecular complexity index is 411. The predicted octanol–water partition coefficient (Wildman–Crippen LogP) is 3.31. The molecule has 19 heavy (non-hydrogen) atoms. The van der Waals surface area contributed by atoms with Gasteiger partial charge in [0.1, 0.15) is 5.75 Å². The van der Waals surface area contributed by atoms with Crippen molar-refractivity contribution in [2.45, 2.75) is 34.1 Å². The summed E-state index contributed by atoms with van der Waals surface area (Å²) < 4.78 is 5.48. The molecule has 1 aromatic carbocycles. The van der Waals surface area contributed by atoms with Gasteiger partial charge in [0.15, 0.2) is 5.78 Å². The summed E-state index contributed by atoms with van der Waals surface area (Å²) in [4.78, 5) is 14.4. The maximum Gasteiger partial charge on any atom is 0.164 e. The number of nitrogens with zero attached hydrogens (tertiary/aromatic N) is 1. The van der Waals surface area contributed by atoms with Crippen LogP contribution >= 0.6 is 0 Å². The second-order valence-electron chi connectivity index (χ2n) is 4.61. The van der Waals surface area contributed by atoms with Crippen molar-refractivity contribution in [3.8, 4) is 5.75 Å². The van der Waals surface area contributed by atoms with Crippen LogP contribution in [0.15, 0.2) is 18.2 Å². The monoisotopic (exact) mass is 263 g/mol. The summed E-state index contributed by atoms with van der Waals surface area (Å²) in [6.07, 6.45) is 0.578. The van der Waals surface area contributed by atoms with Crippen molar-refractivity contribution in [2.24, 2.45) is 0 Å². The summed E-state index contributed by atoms with van der Waals surface area (Å²) in [5, 5.41) is 0. The lowest BCUT2D eigenvalue weighted by Crippen LogP contribution is -2.25. The average Bonchev–Trinajstić information content (AvgIpc) is 2.42. The third-order valence-corrected chi connectivity index (χ3v) is 3.35. The van der Waals surface area contributed by atoms with Crippen LogP contribution in [0.25, 0.3) is 0 Å². The molecule has 0 bridgehead atoms. The van der Waals surface area contributed by atoms with E-state index in [1.54, 1.807) is 0 Å². The summed E-state index contributed by atoms with van der Waals surface area (Å²) >= 11 is 0. The molecule has 0 N–H and O–H groups in total. The number of rotatable bonds is 8. The van der Waals surface area contributed by atoms with Crippen molar-refractivity contribution in [3.63, 3.8) is 0 Å². The molecule has 0 saturated heterocycles. The Balaban J connectivity index is 2.64. The SMILES string of the molecule is CCOc1ccc(C(=O)CCN(CC)CC)cc1C. The Kier molecular flexibility index (Phi) is 6.57. The Morgan fingerprint density at radius 3 is 2.42 bits per heavy atom. The van der Waals surface area contributed by atoms with E-state index in [0.29, 0.717) is 13.0 Å². The van der Waals surface area contributed by atoms with Crippen LogP contribution in [0.5, 0.6) is 5.75 Å². The van der Waals surface area contributed by atoms with Gasteiger partial charge in [0, 0.05) is 18.5 Å². The van der Waals surface area contributed by atoms with E-state index < -0.39 is 0 Å². The largest absolute Gasteiger partial charge is 0.494 e. The van der Waals surface area contributed by atoms with Crippen LogP contribution in [-0.4, -0.2) is 36.9 Å². The number of aryl methyl sites for hydroxylation is 1. The van der Waals surface area contributed by atoms with Crippen LogP contribution in [0.4, 0.5) is 0 Å². The molecule has 0 heterocycles. The first-order valence-electron chi connectivity index (χ1n) is 7.11. The van der Waals surface area contributed by atoms with Gasteiger partial charge >= 0.3 is 0 Å². The number of ether oxygens (including phenoxy) is 1. The second-order valence-corrected chi connectivity index (χ2v) is 4.61. The Morgan fingerprint density at radius 1 is 1.21 bits per heavy atom. The minimum absolute atomic E-state index is 0.207. The lowest BCUT2D eigenvalue weighted by Gasteiger charge is -2.17. The Labute approximate surface area is 116 Å². The van der Waals surface area contributed by atoms with Crippen LogP contribution < -0.4 is 4.74 Å². The lowest BCUT2D eigenvalue weighted by molar-refractivity contribution is 0.0966. The third kappa shape index (κ3) is 4.67. The van der Waals surface area contributed by atoms with Gasteiger partial charge in [0.25, 0.3) is 0 Å². The van der Waals surface area contributed by atoms with E-state index in [1.807, 2.05) is 32.0 Å². The maximum absolute atomic E-state index is 12.1. The molecule has 0 aliphatic heterocycles. The quantitative estimate of drug-likeness (QED) is 0.674. The van der Waals surface area contributed by atoms with Gasteiger partial charge in [0.2, 0.25) is 0 Å². The summed E-state index contributed by atoms with van der Waals surface area (Å²) in [7, 11) is 0. The number of carbonyl (C=O) groups excluding carboxylic acids is 1. The highest BCUT2D eigenvalue weighted by molar-refractivity contribution is 5.96. The summed E-state index contributed by atoms with van der Waals surface area (Å²) in [6, 6.07) is 5.68. The molecule has 0 atom stereocenters. The van der Waals surface area contributed by atoms with Crippen molar-refractivity contribution in [1.82, 2.24) is 4.90 Å². The molecule has 1 aromatic rings. The fraction of sp³-hybridized carbons (Fsp3) is 0.562. The molecule has 1 rings (SSSR count). The zero-order valence-corrected chi connectivity index (χ0v) is 12.5. The van der Waals surface area contributed by atoms with Crippen molar-refractivity contribution < 1.29 is 9.53 Å². The van der Waals surface area contributed by atoms with E-state index in [1.165, 1.54) is 0 Å². The topological polar surface area (TPSA) is 29.5 Å². The standard InChI is InChI=1S/C16H25NO2/c1-5-17(6-2)11-10-15(18)14-8-9-16(19-7-3)13(4)12-14/h8-9,12H,5-7,10-11H2,1-4H3. The summed E-state index contributed by atoms with van der Waals surface area (Å²) in [5.74, 6) is 1.07. The van der Waals surface area contributed by atoms with Crippen LogP contribution in [0.1, 0.15) is 43.1 Å². The van der Waals surface area contributed by atoms with E-state index in [9.17, 15) is 4.79 Å². The van der Waals surface area contributed by atoms with E-state index in [2.05, 4.69) is 18.7 Å². The number of ketones is 1. The van der Waals surface area contributed by atoms with Gasteiger partial charge in [-0.05, 0) is 50.7 Å². The lowest BCUT2D eigenvalue weighted by atomic mass is 10.0. The summed E-state index contributed by atoms with van der Waals surface area (Å²) in [6.45, 7) is 11.6. The van der Waals surface area contributed by atoms with Gasteiger partial charge in [0.05, 0.1) is 6.61 Å². The van der Waals surface area contributed by atoms with Gasteiger partial charge in [-0.25, -0.2) is 0 Å². The smallest absolute Gasteiger partial charge is 0.164 e. The number of Topliss-reactive ketones (excluding diaryl/α,β-unsaturated/α-hetero) is 1. The van der Waals surface area contributed by atoms with Gasteiger partial charge in [-0.3, -0.25) is 4.79 Å². The van der Waals surface area contributed by atoms with Crippen molar-refractivity contribution >= 4 is 5.78 Å². The van der Waals surface area contributed by atoms with E-state index >= 15 is 0 Å². The van der Waals surface area contributed by atoms with Gasteiger partial charge < -0.3 is 9.64 Å². The zero-order valence-electron chi connectivity index (χ0n) is 12.5. The minimum Gasteiger partial charge on any atom is -0.494 e. The molecule has 0 spiro atoms. The van der Waals surface area contributed by atoms with Gasteiger partial charge in [-0.2, -0.15) is 0 Å². The van der Waals surface area contributed by atoms with Crippen LogP contribution in [0.2, 0.25) is 0 Å². The summed E-state index contributed by atoms with van der Waals surface area (Å²) in [5.41, 5.74) is 1.81. The molecule has 0 aromatic heterocycles. The van der Waals surface area contributed by atoms with E-state index in [-0.39, 0.29) is 5.78 Å². The molecule has 0 radical (unpaired) electrons. The number of hydrogen-bond acceptors (Lipinski definition) is 3. The molecule has 0 saturated carbocycles. The Morgan fingerprint density at radius 2 is 1.89 bits per heavy atom. The number of benzene rings is 1. The molecular formula is C16H25NO2. The second kappa shape index (κ2) is 7.95. The maximum atomic E-state index is 12.1. The first-order chi connectivity index (χ1) is 9.12. The van der Waals surface area contributed by atoms with Crippen LogP contribution in [0.3, 0.4) is 0 Å². The fourth-order valence-corrected chi connectivity index (χ4v) is 2.08. The molecule has 0 aliphatic carbocycles. The number of hydrogen-bond donors (Lipinski definition) is 0. The first-order valence-corrected chi connectivity index (χ1v) is 7.11. The molecule has 0 aliphatic rings. The first kappa shape index (κ1) is 15.7. The highest BCUT2D eigenvalue weighted by Crippen LogP contribution is 2.20. The molecule has 0 amide bonds. The van der Waals surface area contributed by atoms with Crippen molar-refractivity contribution in [3.05, 3.63) is 29.3 Å². The van der Waals surface area contributed by atoms with Gasteiger partial charge in [-0.15, -0.1) is 0 Å². The highest BCUT2D eigenvalue weighted by atomic mass is 16.5. The highest BCUT2D eigenvalue weighted by Gasteiger charge is 2.10. The predicted molar refractivity (Wildman–Crippen MR) is 79.1 cm³/mol. The van der Waals surface area contributed by atoms with E-state index in [4.69, 9.17) is 4.74 Å². The zero-order chi connectivity index (χ0) is 14.3. The van der Waals surface area contributed by atoms with Crippen molar-refractivity contribution in [1.29, 1.82) is 0 Å². The minimum atomic E-state index is 0.207. The van der Waals surface area contributed by atoms with Crippen molar-refractivity contribution in [2.75, 3.05) is 26.2 Å². The molecular weight excluding hydrogens is 238 g/mol. The van der Waals surface area contributed by atoms with Crippen LogP contribution in [0, 0.1) is 6.92 Å². The average molecular weight is 263 g/mol. The van der Waals surface area contributed by atoms with Gasteiger partial charge in [-0.1, -0.05) is 13.8 Å². The molecule has 0 unspecified atom stereocenters. The fourth-order valence-electron chi connectivity index (χ4n) is 2.08. The molecule has 106 valence electrons. The molecule has 0 fully saturated rings. The number of carbonyl (C=O) groups is 1. The molecule has 3 nitrogen and oxygen atoms in total.